The van der Waals surface area contributed by atoms with Gasteiger partial charge in [-0.3, -0.25) is 9.59 Å². The molecule has 0 aromatic heterocycles. The van der Waals surface area contributed by atoms with Crippen molar-refractivity contribution in [2.45, 2.75) is 71.0 Å². The standard InChI is InChI=1S/C16H26N2O2/c1-9-4-7-13(10(2)8-9)18-11(3)15(19)17-14(16(18)20)12-5-6-12/h9-14H,4-8H2,1-3H3,(H,17,19). The largest absolute Gasteiger partial charge is 0.342 e. The normalized spacial score (nSPS) is 42.5. The van der Waals surface area contributed by atoms with Gasteiger partial charge < -0.3 is 10.2 Å². The van der Waals surface area contributed by atoms with Crippen molar-refractivity contribution in [2.24, 2.45) is 17.8 Å². The molecule has 4 heteroatoms. The van der Waals surface area contributed by atoms with Gasteiger partial charge in [0, 0.05) is 6.04 Å². The zero-order valence-corrected chi connectivity index (χ0v) is 12.8. The van der Waals surface area contributed by atoms with Gasteiger partial charge in [-0.1, -0.05) is 13.8 Å². The Morgan fingerprint density at radius 3 is 2.35 bits per heavy atom. The molecule has 0 spiro atoms. The smallest absolute Gasteiger partial charge is 0.246 e. The van der Waals surface area contributed by atoms with Crippen LogP contribution in [0.1, 0.15) is 52.9 Å². The number of carbonyl (C=O) groups excluding carboxylic acids is 2. The van der Waals surface area contributed by atoms with E-state index in [1.165, 1.54) is 6.42 Å². The van der Waals surface area contributed by atoms with Crippen LogP contribution in [-0.4, -0.2) is 34.8 Å². The van der Waals surface area contributed by atoms with Gasteiger partial charge in [-0.2, -0.15) is 0 Å². The van der Waals surface area contributed by atoms with Gasteiger partial charge in [0.15, 0.2) is 0 Å². The van der Waals surface area contributed by atoms with Crippen molar-refractivity contribution < 1.29 is 9.59 Å². The lowest BCUT2D eigenvalue weighted by Crippen LogP contribution is -2.66. The summed E-state index contributed by atoms with van der Waals surface area (Å²) in [6.45, 7) is 6.40. The van der Waals surface area contributed by atoms with Gasteiger partial charge in [0.1, 0.15) is 12.1 Å². The highest BCUT2D eigenvalue weighted by Gasteiger charge is 2.48. The molecule has 5 atom stereocenters. The number of rotatable bonds is 2. The second kappa shape index (κ2) is 5.05. The Labute approximate surface area is 121 Å². The summed E-state index contributed by atoms with van der Waals surface area (Å²) in [5, 5.41) is 2.94. The van der Waals surface area contributed by atoms with E-state index < -0.39 is 0 Å². The highest BCUT2D eigenvalue weighted by molar-refractivity contribution is 5.97. The van der Waals surface area contributed by atoms with Gasteiger partial charge >= 0.3 is 0 Å². The van der Waals surface area contributed by atoms with Crippen molar-refractivity contribution in [3.8, 4) is 0 Å². The van der Waals surface area contributed by atoms with Crippen LogP contribution in [0.2, 0.25) is 0 Å². The molecule has 112 valence electrons. The van der Waals surface area contributed by atoms with Crippen LogP contribution < -0.4 is 5.32 Å². The fourth-order valence-electron chi connectivity index (χ4n) is 4.08. The van der Waals surface area contributed by atoms with Crippen molar-refractivity contribution in [2.75, 3.05) is 0 Å². The lowest BCUT2D eigenvalue weighted by molar-refractivity contribution is -0.154. The van der Waals surface area contributed by atoms with E-state index in [2.05, 4.69) is 19.2 Å². The Morgan fingerprint density at radius 1 is 1.05 bits per heavy atom. The van der Waals surface area contributed by atoms with E-state index in [4.69, 9.17) is 0 Å². The van der Waals surface area contributed by atoms with Crippen LogP contribution in [-0.2, 0) is 9.59 Å². The third-order valence-electron chi connectivity index (χ3n) is 5.45. The minimum absolute atomic E-state index is 0.0346. The topological polar surface area (TPSA) is 49.4 Å². The molecule has 3 aliphatic rings. The summed E-state index contributed by atoms with van der Waals surface area (Å²) in [6, 6.07) is -0.301. The third kappa shape index (κ3) is 2.33. The molecule has 2 amide bonds. The maximum Gasteiger partial charge on any atom is 0.246 e. The molecule has 3 rings (SSSR count). The molecule has 0 radical (unpaired) electrons. The van der Waals surface area contributed by atoms with Crippen LogP contribution in [0.25, 0.3) is 0 Å². The van der Waals surface area contributed by atoms with Crippen molar-refractivity contribution in [3.05, 3.63) is 0 Å². The number of hydrogen-bond acceptors (Lipinski definition) is 2. The van der Waals surface area contributed by atoms with E-state index in [0.29, 0.717) is 11.8 Å². The van der Waals surface area contributed by atoms with Crippen LogP contribution >= 0.6 is 0 Å². The molecule has 0 aromatic carbocycles. The van der Waals surface area contributed by atoms with Crippen LogP contribution in [0, 0.1) is 17.8 Å². The summed E-state index contributed by atoms with van der Waals surface area (Å²) in [7, 11) is 0. The average Bonchev–Trinajstić information content (AvgIpc) is 3.21. The number of nitrogens with zero attached hydrogens (tertiary/aromatic N) is 1. The quantitative estimate of drug-likeness (QED) is 0.839. The molecule has 0 aromatic rings. The van der Waals surface area contributed by atoms with E-state index >= 15 is 0 Å². The second-order valence-corrected chi connectivity index (χ2v) is 7.21. The SMILES string of the molecule is CC1CCC(N2C(=O)C(C3CC3)NC(=O)C2C)C(C)C1. The second-order valence-electron chi connectivity index (χ2n) is 7.21. The van der Waals surface area contributed by atoms with Crippen molar-refractivity contribution >= 4 is 11.8 Å². The molecule has 1 heterocycles. The van der Waals surface area contributed by atoms with Gasteiger partial charge in [0.2, 0.25) is 11.8 Å². The van der Waals surface area contributed by atoms with Gasteiger partial charge in [0.25, 0.3) is 0 Å². The minimum Gasteiger partial charge on any atom is -0.342 e. The third-order valence-corrected chi connectivity index (χ3v) is 5.45. The van der Waals surface area contributed by atoms with Gasteiger partial charge in [-0.05, 0) is 56.8 Å². The Bertz CT molecular complexity index is 419. The lowest BCUT2D eigenvalue weighted by atomic mass is 9.78. The highest BCUT2D eigenvalue weighted by Crippen LogP contribution is 2.38. The van der Waals surface area contributed by atoms with E-state index in [0.717, 1.165) is 31.6 Å². The molecule has 5 unspecified atom stereocenters. The Hall–Kier alpha value is -1.06. The van der Waals surface area contributed by atoms with Crippen molar-refractivity contribution in [3.63, 3.8) is 0 Å². The molecule has 4 nitrogen and oxygen atoms in total. The van der Waals surface area contributed by atoms with Gasteiger partial charge in [-0.25, -0.2) is 0 Å². The van der Waals surface area contributed by atoms with Crippen LogP contribution in [0.3, 0.4) is 0 Å². The number of hydrogen-bond donors (Lipinski definition) is 1. The summed E-state index contributed by atoms with van der Waals surface area (Å²) in [4.78, 5) is 26.9. The first-order valence-electron chi connectivity index (χ1n) is 8.11. The molecular weight excluding hydrogens is 252 g/mol. The van der Waals surface area contributed by atoms with E-state index in [1.54, 1.807) is 0 Å². The Balaban J connectivity index is 1.81. The molecular formula is C16H26N2O2. The maximum atomic E-state index is 12.8. The molecule has 1 saturated heterocycles. The average molecular weight is 278 g/mol. The number of piperazine rings is 1. The summed E-state index contributed by atoms with van der Waals surface area (Å²) >= 11 is 0. The Morgan fingerprint density at radius 2 is 1.75 bits per heavy atom. The Kier molecular flexibility index (Phi) is 3.51. The number of nitrogens with one attached hydrogen (secondary N) is 1. The monoisotopic (exact) mass is 278 g/mol. The predicted octanol–water partition coefficient (Wildman–Crippen LogP) is 1.94. The molecule has 2 aliphatic carbocycles. The first kappa shape index (κ1) is 13.9. The van der Waals surface area contributed by atoms with Crippen LogP contribution in [0.4, 0.5) is 0 Å². The molecule has 3 fully saturated rings. The summed E-state index contributed by atoms with van der Waals surface area (Å²) in [5.41, 5.74) is 0. The van der Waals surface area contributed by atoms with Crippen LogP contribution in [0.5, 0.6) is 0 Å². The highest BCUT2D eigenvalue weighted by atomic mass is 16.2. The molecule has 1 aliphatic heterocycles. The lowest BCUT2D eigenvalue weighted by Gasteiger charge is -2.47. The summed E-state index contributed by atoms with van der Waals surface area (Å²) in [6.07, 6.45) is 5.54. The van der Waals surface area contributed by atoms with Crippen LogP contribution in [0.15, 0.2) is 0 Å². The molecule has 20 heavy (non-hydrogen) atoms. The zero-order chi connectivity index (χ0) is 14.4. The predicted molar refractivity (Wildman–Crippen MR) is 76.9 cm³/mol. The first-order chi connectivity index (χ1) is 9.49. The fraction of sp³-hybridized carbons (Fsp3) is 0.875. The zero-order valence-electron chi connectivity index (χ0n) is 12.8. The molecule has 0 bridgehead atoms. The van der Waals surface area contributed by atoms with Gasteiger partial charge in [-0.15, -0.1) is 0 Å². The minimum atomic E-state index is -0.307. The number of amides is 2. The van der Waals surface area contributed by atoms with E-state index in [-0.39, 0.29) is 29.9 Å². The van der Waals surface area contributed by atoms with E-state index in [1.807, 2.05) is 11.8 Å². The van der Waals surface area contributed by atoms with Gasteiger partial charge in [0.05, 0.1) is 0 Å². The number of carbonyl (C=O) groups is 2. The molecule has 2 saturated carbocycles. The fourth-order valence-corrected chi connectivity index (χ4v) is 4.08. The van der Waals surface area contributed by atoms with E-state index in [9.17, 15) is 9.59 Å². The molecule has 1 N–H and O–H groups in total. The summed E-state index contributed by atoms with van der Waals surface area (Å²) in [5.74, 6) is 1.83. The van der Waals surface area contributed by atoms with Crippen molar-refractivity contribution in [1.29, 1.82) is 0 Å². The maximum absolute atomic E-state index is 12.8. The summed E-state index contributed by atoms with van der Waals surface area (Å²) < 4.78 is 0. The first-order valence-corrected chi connectivity index (χ1v) is 8.11. The van der Waals surface area contributed by atoms with Crippen molar-refractivity contribution in [1.82, 2.24) is 10.2 Å².